The molecule has 3 rings (SSSR count). The molecule has 2 aromatic rings. The Morgan fingerprint density at radius 1 is 1.17 bits per heavy atom. The topological polar surface area (TPSA) is 81.5 Å². The molecule has 0 saturated carbocycles. The molecule has 7 nitrogen and oxygen atoms in total. The van der Waals surface area contributed by atoms with Crippen molar-refractivity contribution in [2.45, 2.75) is 6.43 Å². The van der Waals surface area contributed by atoms with Gasteiger partial charge >= 0.3 is 5.97 Å². The first-order chi connectivity index (χ1) is 10.9. The van der Waals surface area contributed by atoms with E-state index in [-0.39, 0.29) is 16.2 Å². The number of nitrogens with zero attached hydrogens (tertiary/aromatic N) is 3. The minimum Gasteiger partial charge on any atom is -0.324 e. The molecule has 2 amide bonds. The van der Waals surface area contributed by atoms with Gasteiger partial charge in [0.15, 0.2) is 0 Å². The number of imide groups is 1. The Hall–Kier alpha value is -3.10. The molecule has 23 heavy (non-hydrogen) atoms. The van der Waals surface area contributed by atoms with Gasteiger partial charge in [-0.2, -0.15) is 5.10 Å². The van der Waals surface area contributed by atoms with Crippen LogP contribution in [0.3, 0.4) is 0 Å². The third kappa shape index (κ3) is 2.26. The molecular weight excluding hydrogens is 312 g/mol. The van der Waals surface area contributed by atoms with Gasteiger partial charge in [-0.05, 0) is 12.1 Å². The van der Waals surface area contributed by atoms with E-state index in [9.17, 15) is 23.2 Å². The molecule has 0 radical (unpaired) electrons. The van der Waals surface area contributed by atoms with Crippen molar-refractivity contribution in [1.82, 2.24) is 14.8 Å². The van der Waals surface area contributed by atoms with Crippen molar-refractivity contribution >= 4 is 17.8 Å². The van der Waals surface area contributed by atoms with Gasteiger partial charge in [-0.15, -0.1) is 0 Å². The number of rotatable bonds is 3. The zero-order valence-corrected chi connectivity index (χ0v) is 11.7. The SMILES string of the molecule is Cn1ncc(C(=O)ON2C(=O)c3ccccc3C2=O)c1C(F)F. The molecule has 0 N–H and O–H groups in total. The van der Waals surface area contributed by atoms with E-state index in [1.54, 1.807) is 12.1 Å². The number of carbonyl (C=O) groups excluding carboxylic acids is 3. The maximum Gasteiger partial charge on any atom is 0.367 e. The summed E-state index contributed by atoms with van der Waals surface area (Å²) in [5.41, 5.74) is -1.03. The summed E-state index contributed by atoms with van der Waals surface area (Å²) in [6.07, 6.45) is -2.07. The predicted octanol–water partition coefficient (Wildman–Crippen LogP) is 1.73. The maximum absolute atomic E-state index is 12.9. The van der Waals surface area contributed by atoms with Crippen molar-refractivity contribution in [2.24, 2.45) is 7.05 Å². The van der Waals surface area contributed by atoms with Crippen LogP contribution in [-0.2, 0) is 11.9 Å². The molecule has 0 atom stereocenters. The van der Waals surface area contributed by atoms with Crippen LogP contribution >= 0.6 is 0 Å². The summed E-state index contributed by atoms with van der Waals surface area (Å²) >= 11 is 0. The molecular formula is C14H9F2N3O4. The Balaban J connectivity index is 1.88. The van der Waals surface area contributed by atoms with Crippen molar-refractivity contribution in [3.05, 3.63) is 52.8 Å². The summed E-state index contributed by atoms with van der Waals surface area (Å²) in [6.45, 7) is 0. The van der Waals surface area contributed by atoms with E-state index in [1.807, 2.05) is 0 Å². The molecule has 2 heterocycles. The Morgan fingerprint density at radius 2 is 1.74 bits per heavy atom. The van der Waals surface area contributed by atoms with Gasteiger partial charge in [-0.3, -0.25) is 14.3 Å². The van der Waals surface area contributed by atoms with Crippen molar-refractivity contribution in [2.75, 3.05) is 0 Å². The summed E-state index contributed by atoms with van der Waals surface area (Å²) in [5, 5.41) is 3.82. The van der Waals surface area contributed by atoms with Crippen LogP contribution in [0.4, 0.5) is 8.78 Å². The fourth-order valence-electron chi connectivity index (χ4n) is 2.25. The number of hydrogen-bond donors (Lipinski definition) is 0. The highest BCUT2D eigenvalue weighted by atomic mass is 19.3. The number of fused-ring (bicyclic) bond motifs is 1. The van der Waals surface area contributed by atoms with Crippen LogP contribution < -0.4 is 0 Å². The summed E-state index contributed by atoms with van der Waals surface area (Å²) in [5.74, 6) is -2.93. The number of halogens is 2. The Kier molecular flexibility index (Phi) is 3.40. The predicted molar refractivity (Wildman–Crippen MR) is 70.5 cm³/mol. The minimum atomic E-state index is -2.97. The van der Waals surface area contributed by atoms with E-state index in [4.69, 9.17) is 4.84 Å². The van der Waals surface area contributed by atoms with Gasteiger partial charge in [0.1, 0.15) is 11.3 Å². The van der Waals surface area contributed by atoms with Gasteiger partial charge in [0, 0.05) is 7.05 Å². The van der Waals surface area contributed by atoms with E-state index < -0.39 is 35.5 Å². The molecule has 1 aliphatic heterocycles. The standard InChI is InChI=1S/C14H9F2N3O4/c1-18-10(11(15)16)9(6-17-18)14(22)23-19-12(20)7-4-2-3-5-8(7)13(19)21/h2-6,11H,1H3. The fraction of sp³-hybridized carbons (Fsp3) is 0.143. The van der Waals surface area contributed by atoms with Crippen molar-refractivity contribution < 1.29 is 28.0 Å². The first-order valence-corrected chi connectivity index (χ1v) is 6.42. The lowest BCUT2D eigenvalue weighted by Gasteiger charge is -2.12. The largest absolute Gasteiger partial charge is 0.367 e. The van der Waals surface area contributed by atoms with E-state index in [0.717, 1.165) is 10.9 Å². The normalized spacial score (nSPS) is 13.7. The van der Waals surface area contributed by atoms with E-state index >= 15 is 0 Å². The minimum absolute atomic E-state index is 0.0746. The third-order valence-electron chi connectivity index (χ3n) is 3.34. The summed E-state index contributed by atoms with van der Waals surface area (Å²) < 4.78 is 26.7. The van der Waals surface area contributed by atoms with Gasteiger partial charge in [-0.1, -0.05) is 17.2 Å². The summed E-state index contributed by atoms with van der Waals surface area (Å²) in [7, 11) is 1.24. The second-order valence-electron chi connectivity index (χ2n) is 4.70. The van der Waals surface area contributed by atoms with E-state index in [1.165, 1.54) is 19.2 Å². The van der Waals surface area contributed by atoms with Gasteiger partial charge in [0.05, 0.1) is 17.3 Å². The first kappa shape index (κ1) is 14.8. The van der Waals surface area contributed by atoms with Crippen LogP contribution in [0.15, 0.2) is 30.5 Å². The van der Waals surface area contributed by atoms with Crippen LogP contribution in [0.1, 0.15) is 43.2 Å². The zero-order chi connectivity index (χ0) is 16.7. The number of hydrogen-bond acceptors (Lipinski definition) is 5. The molecule has 9 heteroatoms. The molecule has 1 aromatic carbocycles. The number of carbonyl (C=O) groups is 3. The lowest BCUT2D eigenvalue weighted by molar-refractivity contribution is -0.0587. The van der Waals surface area contributed by atoms with Crippen LogP contribution in [0.2, 0.25) is 0 Å². The van der Waals surface area contributed by atoms with Crippen molar-refractivity contribution in [1.29, 1.82) is 0 Å². The number of alkyl halides is 2. The van der Waals surface area contributed by atoms with Crippen LogP contribution in [0.5, 0.6) is 0 Å². The van der Waals surface area contributed by atoms with Gasteiger partial charge in [0.2, 0.25) is 0 Å². The lowest BCUT2D eigenvalue weighted by atomic mass is 10.1. The highest BCUT2D eigenvalue weighted by Gasteiger charge is 2.39. The average Bonchev–Trinajstić information content (AvgIpc) is 3.02. The number of aromatic nitrogens is 2. The fourth-order valence-corrected chi connectivity index (χ4v) is 2.25. The number of benzene rings is 1. The lowest BCUT2D eigenvalue weighted by Crippen LogP contribution is -2.32. The summed E-state index contributed by atoms with van der Waals surface area (Å²) in [6, 6.07) is 5.90. The van der Waals surface area contributed by atoms with Gasteiger partial charge in [-0.25, -0.2) is 13.6 Å². The molecule has 0 spiro atoms. The van der Waals surface area contributed by atoms with Gasteiger partial charge < -0.3 is 4.84 Å². The van der Waals surface area contributed by atoms with Crippen LogP contribution in [0, 0.1) is 0 Å². The van der Waals surface area contributed by atoms with Crippen LogP contribution in [-0.4, -0.2) is 32.6 Å². The Bertz CT molecular complexity index is 796. The second kappa shape index (κ2) is 5.27. The van der Waals surface area contributed by atoms with Crippen molar-refractivity contribution in [3.8, 4) is 0 Å². The second-order valence-corrected chi connectivity index (χ2v) is 4.70. The summed E-state index contributed by atoms with van der Waals surface area (Å²) in [4.78, 5) is 40.9. The molecule has 0 aliphatic carbocycles. The van der Waals surface area contributed by atoms with Crippen molar-refractivity contribution in [3.63, 3.8) is 0 Å². The smallest absolute Gasteiger partial charge is 0.324 e. The first-order valence-electron chi connectivity index (χ1n) is 6.42. The van der Waals surface area contributed by atoms with Crippen LogP contribution in [0.25, 0.3) is 0 Å². The molecule has 0 fully saturated rings. The molecule has 1 aromatic heterocycles. The number of amides is 2. The molecule has 0 bridgehead atoms. The average molecular weight is 321 g/mol. The molecule has 0 unspecified atom stereocenters. The zero-order valence-electron chi connectivity index (χ0n) is 11.7. The highest BCUT2D eigenvalue weighted by molar-refractivity contribution is 6.21. The van der Waals surface area contributed by atoms with E-state index in [0.29, 0.717) is 0 Å². The Labute approximate surface area is 128 Å². The third-order valence-corrected chi connectivity index (χ3v) is 3.34. The number of aryl methyl sites for hydroxylation is 1. The maximum atomic E-state index is 12.9. The number of hydroxylamine groups is 2. The quantitative estimate of drug-likeness (QED) is 0.804. The van der Waals surface area contributed by atoms with Gasteiger partial charge in [0.25, 0.3) is 18.2 Å². The monoisotopic (exact) mass is 321 g/mol. The Morgan fingerprint density at radius 3 is 2.26 bits per heavy atom. The van der Waals surface area contributed by atoms with E-state index in [2.05, 4.69) is 5.10 Å². The molecule has 118 valence electrons. The molecule has 1 aliphatic rings. The molecule has 0 saturated heterocycles. The highest BCUT2D eigenvalue weighted by Crippen LogP contribution is 2.26.